The van der Waals surface area contributed by atoms with Crippen LogP contribution in [0.15, 0.2) is 24.3 Å². The van der Waals surface area contributed by atoms with Gasteiger partial charge >= 0.3 is 0 Å². The van der Waals surface area contributed by atoms with Crippen LogP contribution in [0.3, 0.4) is 0 Å². The van der Waals surface area contributed by atoms with E-state index in [4.69, 9.17) is 9.68 Å². The van der Waals surface area contributed by atoms with Crippen molar-refractivity contribution in [3.8, 4) is 0 Å². The molecule has 0 atom stereocenters. The molecule has 1 rings (SSSR count). The minimum Gasteiger partial charge on any atom is -0.294 e. The molecule has 0 aliphatic heterocycles. The maximum atomic E-state index is 11.3. The SMILES string of the molecule is CON(OC)c1ccccc1C(C)=O. The molecule has 0 saturated carbocycles. The van der Waals surface area contributed by atoms with E-state index in [2.05, 4.69) is 0 Å². The molecular formula is C10H13NO3. The molecule has 0 aliphatic carbocycles. The van der Waals surface area contributed by atoms with Crippen molar-refractivity contribution in [3.05, 3.63) is 29.8 Å². The Labute approximate surface area is 82.9 Å². The Morgan fingerprint density at radius 2 is 1.79 bits per heavy atom. The Morgan fingerprint density at radius 3 is 2.29 bits per heavy atom. The summed E-state index contributed by atoms with van der Waals surface area (Å²) >= 11 is 0. The molecule has 0 spiro atoms. The first-order valence-corrected chi connectivity index (χ1v) is 4.19. The van der Waals surface area contributed by atoms with E-state index in [1.807, 2.05) is 6.07 Å². The molecule has 0 aliphatic rings. The van der Waals surface area contributed by atoms with E-state index in [1.165, 1.54) is 26.4 Å². The van der Waals surface area contributed by atoms with Gasteiger partial charge in [0.25, 0.3) is 0 Å². The molecule has 0 radical (unpaired) electrons. The van der Waals surface area contributed by atoms with Gasteiger partial charge < -0.3 is 0 Å². The number of Topliss-reactive ketones (excluding diaryl/α,β-unsaturated/α-hetero) is 1. The Balaban J connectivity index is 3.11. The van der Waals surface area contributed by atoms with Crippen molar-refractivity contribution in [1.29, 1.82) is 0 Å². The number of anilines is 1. The third-order valence-corrected chi connectivity index (χ3v) is 1.81. The Morgan fingerprint density at radius 1 is 1.21 bits per heavy atom. The highest BCUT2D eigenvalue weighted by Gasteiger charge is 2.12. The van der Waals surface area contributed by atoms with Crippen LogP contribution in [-0.2, 0) is 9.68 Å². The van der Waals surface area contributed by atoms with Crippen molar-refractivity contribution in [2.24, 2.45) is 0 Å². The van der Waals surface area contributed by atoms with Crippen LogP contribution >= 0.6 is 0 Å². The van der Waals surface area contributed by atoms with Gasteiger partial charge in [0, 0.05) is 5.56 Å². The molecule has 0 amide bonds. The van der Waals surface area contributed by atoms with Crippen molar-refractivity contribution in [1.82, 2.24) is 0 Å². The molecule has 1 aromatic rings. The summed E-state index contributed by atoms with van der Waals surface area (Å²) in [7, 11) is 2.95. The van der Waals surface area contributed by atoms with E-state index in [-0.39, 0.29) is 5.78 Å². The second-order valence-corrected chi connectivity index (χ2v) is 2.70. The Hall–Kier alpha value is -1.39. The lowest BCUT2D eigenvalue weighted by molar-refractivity contribution is -0.0435. The third-order valence-electron chi connectivity index (χ3n) is 1.81. The van der Waals surface area contributed by atoms with Gasteiger partial charge in [-0.2, -0.15) is 0 Å². The predicted octanol–water partition coefficient (Wildman–Crippen LogP) is 1.82. The number of nitrogens with zero attached hydrogens (tertiary/aromatic N) is 1. The zero-order valence-electron chi connectivity index (χ0n) is 8.48. The number of hydrogen-bond acceptors (Lipinski definition) is 4. The number of carbonyl (C=O) groups is 1. The predicted molar refractivity (Wildman–Crippen MR) is 52.9 cm³/mol. The normalized spacial score (nSPS) is 9.93. The maximum Gasteiger partial charge on any atom is 0.162 e. The van der Waals surface area contributed by atoms with Crippen LogP contribution in [0, 0.1) is 0 Å². The molecule has 0 unspecified atom stereocenters. The summed E-state index contributed by atoms with van der Waals surface area (Å²) in [6, 6.07) is 7.09. The molecule has 1 aromatic carbocycles. The average molecular weight is 195 g/mol. The maximum absolute atomic E-state index is 11.3. The highest BCUT2D eigenvalue weighted by atomic mass is 16.9. The molecule has 0 aromatic heterocycles. The summed E-state index contributed by atoms with van der Waals surface area (Å²) in [5.74, 6) is -0.0281. The largest absolute Gasteiger partial charge is 0.294 e. The van der Waals surface area contributed by atoms with Crippen LogP contribution in [-0.4, -0.2) is 20.0 Å². The molecule has 76 valence electrons. The molecule has 4 nitrogen and oxygen atoms in total. The fourth-order valence-electron chi connectivity index (χ4n) is 1.20. The van der Waals surface area contributed by atoms with Crippen LogP contribution in [0.1, 0.15) is 17.3 Å². The van der Waals surface area contributed by atoms with Gasteiger partial charge in [0.1, 0.15) is 5.69 Å². The van der Waals surface area contributed by atoms with Gasteiger partial charge in [-0.1, -0.05) is 12.1 Å². The lowest BCUT2D eigenvalue weighted by atomic mass is 10.1. The zero-order chi connectivity index (χ0) is 10.6. The molecular weight excluding hydrogens is 182 g/mol. The lowest BCUT2D eigenvalue weighted by Crippen LogP contribution is -2.21. The van der Waals surface area contributed by atoms with Crippen LogP contribution < -0.4 is 5.23 Å². The number of para-hydroxylation sites is 1. The molecule has 0 saturated heterocycles. The van der Waals surface area contributed by atoms with E-state index in [0.29, 0.717) is 11.3 Å². The van der Waals surface area contributed by atoms with Crippen LogP contribution in [0.2, 0.25) is 0 Å². The summed E-state index contributed by atoms with van der Waals surface area (Å²) in [5.41, 5.74) is 1.17. The fourth-order valence-corrected chi connectivity index (χ4v) is 1.20. The molecule has 4 heteroatoms. The van der Waals surface area contributed by atoms with Crippen molar-refractivity contribution in [3.63, 3.8) is 0 Å². The van der Waals surface area contributed by atoms with Gasteiger partial charge in [-0.3, -0.25) is 14.5 Å². The van der Waals surface area contributed by atoms with Crippen LogP contribution in [0.25, 0.3) is 0 Å². The van der Waals surface area contributed by atoms with Crippen molar-refractivity contribution in [2.45, 2.75) is 6.92 Å². The van der Waals surface area contributed by atoms with E-state index in [0.717, 1.165) is 0 Å². The number of rotatable bonds is 4. The number of carbonyl (C=O) groups excluding carboxylic acids is 1. The highest BCUT2D eigenvalue weighted by Crippen LogP contribution is 2.20. The number of benzene rings is 1. The summed E-state index contributed by atoms with van der Waals surface area (Å²) in [6.07, 6.45) is 0. The molecule has 0 fully saturated rings. The summed E-state index contributed by atoms with van der Waals surface area (Å²) < 4.78 is 0. The Bertz CT molecular complexity index is 321. The summed E-state index contributed by atoms with van der Waals surface area (Å²) in [5, 5.41) is 1.19. The van der Waals surface area contributed by atoms with E-state index >= 15 is 0 Å². The van der Waals surface area contributed by atoms with Gasteiger partial charge in [-0.15, -0.1) is 5.23 Å². The second-order valence-electron chi connectivity index (χ2n) is 2.70. The quantitative estimate of drug-likeness (QED) is 0.542. The van der Waals surface area contributed by atoms with E-state index in [1.54, 1.807) is 18.2 Å². The topological polar surface area (TPSA) is 38.8 Å². The molecule has 14 heavy (non-hydrogen) atoms. The van der Waals surface area contributed by atoms with Gasteiger partial charge in [0.15, 0.2) is 5.78 Å². The first-order valence-electron chi connectivity index (χ1n) is 4.19. The van der Waals surface area contributed by atoms with Crippen molar-refractivity contribution >= 4 is 11.5 Å². The highest BCUT2D eigenvalue weighted by molar-refractivity contribution is 5.99. The fraction of sp³-hybridized carbons (Fsp3) is 0.300. The first kappa shape index (κ1) is 10.7. The lowest BCUT2D eigenvalue weighted by Gasteiger charge is -2.19. The average Bonchev–Trinajstić information content (AvgIpc) is 2.20. The van der Waals surface area contributed by atoms with E-state index in [9.17, 15) is 4.79 Å². The standard InChI is InChI=1S/C10H13NO3/c1-8(12)9-6-4-5-7-10(9)11(13-2)14-3/h4-7H,1-3H3. The van der Waals surface area contributed by atoms with Crippen molar-refractivity contribution < 1.29 is 14.5 Å². The van der Waals surface area contributed by atoms with Crippen LogP contribution in [0.5, 0.6) is 0 Å². The minimum atomic E-state index is -0.0281. The molecule has 0 N–H and O–H groups in total. The minimum absolute atomic E-state index is 0.0281. The van der Waals surface area contributed by atoms with Gasteiger partial charge in [0.2, 0.25) is 0 Å². The summed E-state index contributed by atoms with van der Waals surface area (Å²) in [4.78, 5) is 21.1. The monoisotopic (exact) mass is 195 g/mol. The first-order chi connectivity index (χ1) is 6.70. The zero-order valence-corrected chi connectivity index (χ0v) is 8.48. The number of hydrogen-bond donors (Lipinski definition) is 0. The smallest absolute Gasteiger partial charge is 0.162 e. The third kappa shape index (κ3) is 2.10. The van der Waals surface area contributed by atoms with Gasteiger partial charge in [0.05, 0.1) is 14.2 Å². The van der Waals surface area contributed by atoms with Crippen molar-refractivity contribution in [2.75, 3.05) is 19.4 Å². The number of ketones is 1. The van der Waals surface area contributed by atoms with Gasteiger partial charge in [-0.05, 0) is 19.1 Å². The van der Waals surface area contributed by atoms with E-state index < -0.39 is 0 Å². The molecule has 0 heterocycles. The Kier molecular flexibility index (Phi) is 3.62. The summed E-state index contributed by atoms with van der Waals surface area (Å²) in [6.45, 7) is 1.50. The van der Waals surface area contributed by atoms with Crippen LogP contribution in [0.4, 0.5) is 5.69 Å². The molecule has 0 bridgehead atoms. The second kappa shape index (κ2) is 4.74. The van der Waals surface area contributed by atoms with Gasteiger partial charge in [-0.25, -0.2) is 0 Å².